The molecule has 0 aliphatic heterocycles. The van der Waals surface area contributed by atoms with Crippen LogP contribution in [-0.4, -0.2) is 15.1 Å². The van der Waals surface area contributed by atoms with Crippen molar-refractivity contribution in [3.63, 3.8) is 0 Å². The van der Waals surface area contributed by atoms with Crippen molar-refractivity contribution in [1.29, 1.82) is 0 Å². The van der Waals surface area contributed by atoms with Crippen molar-refractivity contribution in [2.24, 2.45) is 5.73 Å². The third-order valence-electron chi connectivity index (χ3n) is 4.61. The Labute approximate surface area is 161 Å². The molecule has 5 nitrogen and oxygen atoms in total. The average molecular weight is 395 g/mol. The summed E-state index contributed by atoms with van der Waals surface area (Å²) in [4.78, 5) is 9.10. The van der Waals surface area contributed by atoms with Gasteiger partial charge >= 0.3 is 0 Å². The number of benzene rings is 1. The molecule has 3 aromatic rings. The molecular formula is C18H20ClFN4OS. The maximum atomic E-state index is 13.0. The van der Waals surface area contributed by atoms with Crippen molar-refractivity contribution in [3.05, 3.63) is 63.4 Å². The number of nitrogens with two attached hydrogens (primary N) is 1. The van der Waals surface area contributed by atoms with Gasteiger partial charge in [-0.3, -0.25) is 0 Å². The van der Waals surface area contributed by atoms with Gasteiger partial charge in [0.15, 0.2) is 5.82 Å². The highest BCUT2D eigenvalue weighted by molar-refractivity contribution is 7.09. The smallest absolute Gasteiger partial charge is 0.232 e. The van der Waals surface area contributed by atoms with Gasteiger partial charge in [-0.05, 0) is 30.5 Å². The molecule has 4 rings (SSSR count). The number of nitrogens with zero attached hydrogens (tertiary/aromatic N) is 3. The van der Waals surface area contributed by atoms with Crippen molar-refractivity contribution in [1.82, 2.24) is 15.1 Å². The number of thiazole rings is 1. The van der Waals surface area contributed by atoms with Crippen LogP contribution in [0.2, 0.25) is 0 Å². The van der Waals surface area contributed by atoms with E-state index in [1.54, 1.807) is 23.5 Å². The van der Waals surface area contributed by atoms with Gasteiger partial charge < -0.3 is 10.3 Å². The summed E-state index contributed by atoms with van der Waals surface area (Å²) < 4.78 is 18.3. The molecule has 0 bridgehead atoms. The predicted molar refractivity (Wildman–Crippen MR) is 100 cm³/mol. The van der Waals surface area contributed by atoms with Gasteiger partial charge in [-0.15, -0.1) is 23.7 Å². The van der Waals surface area contributed by atoms with Crippen LogP contribution in [0.15, 0.2) is 34.2 Å². The van der Waals surface area contributed by atoms with E-state index in [4.69, 9.17) is 10.3 Å². The second kappa shape index (κ2) is 7.82. The molecule has 138 valence electrons. The van der Waals surface area contributed by atoms with E-state index in [1.165, 1.54) is 12.1 Å². The van der Waals surface area contributed by atoms with Gasteiger partial charge in [0.2, 0.25) is 5.89 Å². The van der Waals surface area contributed by atoms with E-state index < -0.39 is 5.54 Å². The first kappa shape index (κ1) is 18.9. The van der Waals surface area contributed by atoms with Crippen LogP contribution in [0.5, 0.6) is 0 Å². The first-order valence-electron chi connectivity index (χ1n) is 8.40. The Balaban J connectivity index is 0.00000196. The lowest BCUT2D eigenvalue weighted by atomic mass is 9.99. The van der Waals surface area contributed by atoms with E-state index in [0.29, 0.717) is 24.6 Å². The van der Waals surface area contributed by atoms with Crippen LogP contribution in [-0.2, 0) is 18.4 Å². The van der Waals surface area contributed by atoms with Gasteiger partial charge in [-0.2, -0.15) is 4.98 Å². The standard InChI is InChI=1S/C18H19FN4OS.ClH/c19-13-5-3-12(4-6-13)9-16-21-14(11-25-16)10-15-22-17(23-24-15)18(20)7-1-2-8-18;/h3-6,11H,1-2,7-10,20H2;1H. The van der Waals surface area contributed by atoms with Crippen LogP contribution in [0, 0.1) is 5.82 Å². The van der Waals surface area contributed by atoms with Crippen LogP contribution >= 0.6 is 23.7 Å². The first-order chi connectivity index (χ1) is 12.1. The Hall–Kier alpha value is -1.83. The van der Waals surface area contributed by atoms with E-state index in [2.05, 4.69) is 15.1 Å². The minimum Gasteiger partial charge on any atom is -0.339 e. The predicted octanol–water partition coefficient (Wildman–Crippen LogP) is 4.00. The molecule has 8 heteroatoms. The molecule has 1 aromatic carbocycles. The quantitative estimate of drug-likeness (QED) is 0.707. The highest BCUT2D eigenvalue weighted by atomic mass is 35.5. The number of rotatable bonds is 5. The summed E-state index contributed by atoms with van der Waals surface area (Å²) in [5, 5.41) is 7.05. The Bertz CT molecular complexity index is 858. The molecule has 1 aliphatic rings. The summed E-state index contributed by atoms with van der Waals surface area (Å²) in [6.45, 7) is 0. The topological polar surface area (TPSA) is 77.8 Å². The minimum absolute atomic E-state index is 0. The molecular weight excluding hydrogens is 375 g/mol. The molecule has 2 aromatic heterocycles. The van der Waals surface area contributed by atoms with E-state index in [1.807, 2.05) is 5.38 Å². The molecule has 1 saturated carbocycles. The molecule has 1 fully saturated rings. The summed E-state index contributed by atoms with van der Waals surface area (Å²) in [6.07, 6.45) is 5.22. The molecule has 1 aliphatic carbocycles. The molecule has 0 atom stereocenters. The van der Waals surface area contributed by atoms with E-state index in [0.717, 1.165) is 41.9 Å². The van der Waals surface area contributed by atoms with Crippen LogP contribution < -0.4 is 5.73 Å². The Morgan fingerprint density at radius 3 is 2.58 bits per heavy atom. The number of hydrogen-bond donors (Lipinski definition) is 1. The van der Waals surface area contributed by atoms with Gasteiger partial charge in [-0.25, -0.2) is 9.37 Å². The maximum Gasteiger partial charge on any atom is 0.232 e. The van der Waals surface area contributed by atoms with Crippen LogP contribution in [0.3, 0.4) is 0 Å². The zero-order chi connectivity index (χ0) is 17.3. The normalized spacial score (nSPS) is 15.8. The maximum absolute atomic E-state index is 13.0. The highest BCUT2D eigenvalue weighted by Gasteiger charge is 2.35. The largest absolute Gasteiger partial charge is 0.339 e. The van der Waals surface area contributed by atoms with Gasteiger partial charge in [0.25, 0.3) is 0 Å². The third-order valence-corrected chi connectivity index (χ3v) is 5.51. The second-order valence-corrected chi connectivity index (χ2v) is 7.53. The van der Waals surface area contributed by atoms with E-state index in [-0.39, 0.29) is 18.2 Å². The molecule has 26 heavy (non-hydrogen) atoms. The summed E-state index contributed by atoms with van der Waals surface area (Å²) >= 11 is 1.58. The number of aromatic nitrogens is 3. The summed E-state index contributed by atoms with van der Waals surface area (Å²) in [7, 11) is 0. The molecule has 2 N–H and O–H groups in total. The molecule has 0 amide bonds. The van der Waals surface area contributed by atoms with E-state index >= 15 is 0 Å². The summed E-state index contributed by atoms with van der Waals surface area (Å²) in [6, 6.07) is 6.50. The zero-order valence-corrected chi connectivity index (χ0v) is 15.8. The molecule has 0 saturated heterocycles. The van der Waals surface area contributed by atoms with Crippen molar-refractivity contribution in [2.45, 2.75) is 44.1 Å². The lowest BCUT2D eigenvalue weighted by molar-refractivity contribution is 0.352. The second-order valence-electron chi connectivity index (χ2n) is 6.59. The lowest BCUT2D eigenvalue weighted by Gasteiger charge is -2.17. The monoisotopic (exact) mass is 394 g/mol. The van der Waals surface area contributed by atoms with E-state index in [9.17, 15) is 4.39 Å². The van der Waals surface area contributed by atoms with Crippen molar-refractivity contribution in [2.75, 3.05) is 0 Å². The summed E-state index contributed by atoms with van der Waals surface area (Å²) in [5.74, 6) is 0.933. The third kappa shape index (κ3) is 4.11. The van der Waals surface area contributed by atoms with Gasteiger partial charge in [0, 0.05) is 11.8 Å². The van der Waals surface area contributed by atoms with Gasteiger partial charge in [0.05, 0.1) is 22.7 Å². The van der Waals surface area contributed by atoms with Crippen molar-refractivity contribution >= 4 is 23.7 Å². The molecule has 0 spiro atoms. The number of halogens is 2. The fraction of sp³-hybridized carbons (Fsp3) is 0.389. The van der Waals surface area contributed by atoms with Gasteiger partial charge in [-0.1, -0.05) is 30.1 Å². The zero-order valence-electron chi connectivity index (χ0n) is 14.2. The summed E-state index contributed by atoms with van der Waals surface area (Å²) in [5.41, 5.74) is 7.86. The van der Waals surface area contributed by atoms with Crippen LogP contribution in [0.25, 0.3) is 0 Å². The van der Waals surface area contributed by atoms with Crippen molar-refractivity contribution in [3.8, 4) is 0 Å². The fourth-order valence-corrected chi connectivity index (χ4v) is 4.03. The first-order valence-corrected chi connectivity index (χ1v) is 9.28. The minimum atomic E-state index is -0.433. The van der Waals surface area contributed by atoms with Gasteiger partial charge in [0.1, 0.15) is 5.82 Å². The van der Waals surface area contributed by atoms with Crippen LogP contribution in [0.4, 0.5) is 4.39 Å². The SMILES string of the molecule is Cl.NC1(c2noc(Cc3csc(Cc4ccc(F)cc4)n3)n2)CCCC1. The highest BCUT2D eigenvalue weighted by Crippen LogP contribution is 2.34. The molecule has 2 heterocycles. The fourth-order valence-electron chi connectivity index (χ4n) is 3.20. The van der Waals surface area contributed by atoms with Crippen molar-refractivity contribution < 1.29 is 8.91 Å². The van der Waals surface area contributed by atoms with Crippen LogP contribution in [0.1, 0.15) is 53.7 Å². The molecule has 0 radical (unpaired) electrons. The molecule has 0 unspecified atom stereocenters. The number of hydrogen-bond acceptors (Lipinski definition) is 6. The Morgan fingerprint density at radius 1 is 1.12 bits per heavy atom. The average Bonchev–Trinajstić information content (AvgIpc) is 3.33. The lowest BCUT2D eigenvalue weighted by Crippen LogP contribution is -2.34. The Morgan fingerprint density at radius 2 is 1.85 bits per heavy atom. The Kier molecular flexibility index (Phi) is 5.70.